The van der Waals surface area contributed by atoms with Crippen LogP contribution in [0.4, 0.5) is 0 Å². The van der Waals surface area contributed by atoms with Crippen LogP contribution < -0.4 is 34.0 Å². The third-order valence-corrected chi connectivity index (χ3v) is 9.60. The van der Waals surface area contributed by atoms with E-state index in [1.165, 1.54) is 22.3 Å². The molecular weight excluding hydrogens is 795 g/mol. The van der Waals surface area contributed by atoms with Crippen LogP contribution >= 0.6 is 0 Å². The van der Waals surface area contributed by atoms with Gasteiger partial charge < -0.3 is 43.4 Å². The Hall–Kier alpha value is -2.73. The molecule has 0 unspecified atom stereocenters. The van der Waals surface area contributed by atoms with Crippen molar-refractivity contribution < 1.29 is 59.9 Å². The van der Waals surface area contributed by atoms with Crippen LogP contribution in [0.15, 0.2) is 107 Å². The Morgan fingerprint density at radius 1 is 0.500 bits per heavy atom. The number of benzene rings is 4. The first kappa shape index (κ1) is 41.7. The van der Waals surface area contributed by atoms with E-state index in [4.69, 9.17) is 19.5 Å². The fourth-order valence-electron chi connectivity index (χ4n) is 7.61. The SMILES string of the molecule is Cc1cccc(C2(c3cccc(C)c3)OC(CC3=N[C@H](C(C)(C)C)C(c4cccc(C)c4)(c4cccc(C)c4)O3)=N[C@@H]2C(C)(C)C)c1.[Br-].[Br-].[Ni+2]. The second kappa shape index (κ2) is 15.5. The van der Waals surface area contributed by atoms with E-state index in [0.717, 1.165) is 22.3 Å². The fraction of sp³-hybridized carbons (Fsp3) is 0.395. The van der Waals surface area contributed by atoms with Gasteiger partial charge in [0.1, 0.15) is 12.1 Å². The van der Waals surface area contributed by atoms with E-state index in [-0.39, 0.29) is 73.4 Å². The summed E-state index contributed by atoms with van der Waals surface area (Å²) in [5, 5.41) is 0. The van der Waals surface area contributed by atoms with Gasteiger partial charge in [0.05, 0.1) is 6.42 Å². The fourth-order valence-corrected chi connectivity index (χ4v) is 7.61. The monoisotopic (exact) mass is 842 g/mol. The largest absolute Gasteiger partial charge is 2.00 e. The molecule has 0 fully saturated rings. The number of hydrogen-bond donors (Lipinski definition) is 0. The summed E-state index contributed by atoms with van der Waals surface area (Å²) < 4.78 is 14.5. The predicted octanol–water partition coefficient (Wildman–Crippen LogP) is 4.19. The molecule has 0 spiro atoms. The zero-order valence-electron chi connectivity index (χ0n) is 30.9. The standard InChI is InChI=1S/C43H50N2O2.2BrH.Ni/c1-28-15-11-19-32(23-28)42(33-20-12-16-29(2)24-33)38(40(5,6)7)44-36(46-42)27-37-45-39(41(8,9)10)43(47-37,34-21-13-17-30(3)25-34)35-22-14-18-31(4)26-35;;;/h11-26,38-39H,27H2,1-10H3;2*1H;/q;;;+2/p-2/t38-,39-;;;/m1.../s1. The van der Waals surface area contributed by atoms with Gasteiger partial charge in [0.15, 0.2) is 23.0 Å². The van der Waals surface area contributed by atoms with Gasteiger partial charge in [-0.15, -0.1) is 0 Å². The Bertz CT molecular complexity index is 1650. The summed E-state index contributed by atoms with van der Waals surface area (Å²) in [6, 6.07) is 34.5. The Kier molecular flexibility index (Phi) is 12.9. The van der Waals surface area contributed by atoms with Gasteiger partial charge in [-0.2, -0.15) is 0 Å². The van der Waals surface area contributed by atoms with Gasteiger partial charge in [-0.25, -0.2) is 9.98 Å². The van der Waals surface area contributed by atoms with Crippen molar-refractivity contribution in [2.45, 2.75) is 98.9 Å². The molecule has 0 saturated carbocycles. The molecule has 0 aromatic heterocycles. The number of aliphatic imine (C=N–C) groups is 2. The molecule has 2 aliphatic heterocycles. The summed E-state index contributed by atoms with van der Waals surface area (Å²) in [5.41, 5.74) is 7.21. The number of hydrogen-bond acceptors (Lipinski definition) is 4. The number of nitrogens with zero attached hydrogens (tertiary/aromatic N) is 2. The first-order chi connectivity index (χ1) is 22.1. The average molecular weight is 845 g/mol. The summed E-state index contributed by atoms with van der Waals surface area (Å²) in [5.74, 6) is 1.31. The van der Waals surface area contributed by atoms with Crippen LogP contribution in [0.5, 0.6) is 0 Å². The molecule has 4 aromatic carbocycles. The molecular formula is C43H50Br2N2NiO2. The molecule has 0 aliphatic carbocycles. The minimum Gasteiger partial charge on any atom is -1.00 e. The van der Waals surface area contributed by atoms with Gasteiger partial charge in [-0.3, -0.25) is 0 Å². The van der Waals surface area contributed by atoms with Crippen molar-refractivity contribution in [3.8, 4) is 0 Å². The summed E-state index contributed by atoms with van der Waals surface area (Å²) >= 11 is 0. The third-order valence-electron chi connectivity index (χ3n) is 9.60. The maximum absolute atomic E-state index is 7.26. The Morgan fingerprint density at radius 3 is 0.980 bits per heavy atom. The Balaban J connectivity index is 0.00000225. The van der Waals surface area contributed by atoms with E-state index in [1.54, 1.807) is 0 Å². The van der Waals surface area contributed by atoms with Crippen molar-refractivity contribution in [3.63, 3.8) is 0 Å². The average Bonchev–Trinajstić information content (AvgIpc) is 3.59. The first-order valence-electron chi connectivity index (χ1n) is 16.9. The van der Waals surface area contributed by atoms with Crippen molar-refractivity contribution in [2.24, 2.45) is 20.8 Å². The van der Waals surface area contributed by atoms with Crippen LogP contribution in [0.2, 0.25) is 0 Å². The van der Waals surface area contributed by atoms with Crippen LogP contribution in [-0.4, -0.2) is 23.9 Å². The van der Waals surface area contributed by atoms with Crippen LogP contribution in [0, 0.1) is 38.5 Å². The molecule has 4 nitrogen and oxygen atoms in total. The van der Waals surface area contributed by atoms with Crippen molar-refractivity contribution in [1.82, 2.24) is 0 Å². The molecule has 268 valence electrons. The normalized spacial score (nSPS) is 19.1. The van der Waals surface area contributed by atoms with Gasteiger partial charge >= 0.3 is 16.5 Å². The van der Waals surface area contributed by atoms with Gasteiger partial charge in [0, 0.05) is 22.3 Å². The molecule has 0 N–H and O–H groups in total. The Morgan fingerprint density at radius 2 is 0.760 bits per heavy atom. The van der Waals surface area contributed by atoms with Gasteiger partial charge in [-0.1, -0.05) is 161 Å². The van der Waals surface area contributed by atoms with Crippen LogP contribution in [-0.2, 0) is 37.2 Å². The number of aryl methyl sites for hydroxylation is 4. The van der Waals surface area contributed by atoms with E-state index in [9.17, 15) is 0 Å². The maximum atomic E-state index is 7.26. The van der Waals surface area contributed by atoms with Crippen molar-refractivity contribution in [3.05, 3.63) is 142 Å². The second-order valence-corrected chi connectivity index (χ2v) is 15.9. The van der Waals surface area contributed by atoms with Crippen LogP contribution in [0.3, 0.4) is 0 Å². The van der Waals surface area contributed by atoms with E-state index in [0.29, 0.717) is 18.2 Å². The zero-order valence-corrected chi connectivity index (χ0v) is 35.0. The third kappa shape index (κ3) is 7.71. The van der Waals surface area contributed by atoms with Gasteiger partial charge in [0.2, 0.25) is 0 Å². The molecule has 0 radical (unpaired) electrons. The van der Waals surface area contributed by atoms with Gasteiger partial charge in [0.25, 0.3) is 0 Å². The molecule has 7 heteroatoms. The minimum absolute atomic E-state index is 0. The molecule has 2 atom stereocenters. The summed E-state index contributed by atoms with van der Waals surface area (Å²) in [6.45, 7) is 22.1. The summed E-state index contributed by atoms with van der Waals surface area (Å²) in [4.78, 5) is 10.9. The number of rotatable bonds is 6. The van der Waals surface area contributed by atoms with Crippen LogP contribution in [0.1, 0.15) is 92.5 Å². The molecule has 0 bridgehead atoms. The summed E-state index contributed by atoms with van der Waals surface area (Å²) in [6.07, 6.45) is 0.373. The summed E-state index contributed by atoms with van der Waals surface area (Å²) in [7, 11) is 0. The topological polar surface area (TPSA) is 43.2 Å². The molecule has 2 aliphatic rings. The van der Waals surface area contributed by atoms with Crippen molar-refractivity contribution >= 4 is 11.8 Å². The zero-order chi connectivity index (χ0) is 33.8. The quantitative estimate of drug-likeness (QED) is 0.274. The van der Waals surface area contributed by atoms with Crippen LogP contribution in [0.25, 0.3) is 0 Å². The van der Waals surface area contributed by atoms with E-state index in [1.807, 2.05) is 0 Å². The molecule has 50 heavy (non-hydrogen) atoms. The molecule has 0 amide bonds. The molecule has 0 saturated heterocycles. The van der Waals surface area contributed by atoms with Crippen molar-refractivity contribution in [2.75, 3.05) is 0 Å². The molecule has 4 aromatic rings. The van der Waals surface area contributed by atoms with E-state index < -0.39 is 11.2 Å². The predicted molar refractivity (Wildman–Crippen MR) is 194 cm³/mol. The second-order valence-electron chi connectivity index (χ2n) is 15.9. The smallest absolute Gasteiger partial charge is 1.00 e. The number of ether oxygens (including phenoxy) is 2. The molecule has 2 heterocycles. The van der Waals surface area contributed by atoms with Crippen molar-refractivity contribution in [1.29, 1.82) is 0 Å². The first-order valence-corrected chi connectivity index (χ1v) is 16.9. The van der Waals surface area contributed by atoms with Gasteiger partial charge in [-0.05, 0) is 38.5 Å². The molecule has 6 rings (SSSR count). The Labute approximate surface area is 331 Å². The number of halogens is 2. The minimum atomic E-state index is -0.793. The van der Waals surface area contributed by atoms with E-state index >= 15 is 0 Å². The maximum Gasteiger partial charge on any atom is 2.00 e. The van der Waals surface area contributed by atoms with E-state index in [2.05, 4.69) is 166 Å².